The van der Waals surface area contributed by atoms with Crippen LogP contribution in [0.5, 0.6) is 0 Å². The molecule has 110 valence electrons. The van der Waals surface area contributed by atoms with E-state index in [4.69, 9.17) is 0 Å². The summed E-state index contributed by atoms with van der Waals surface area (Å²) in [7, 11) is 0. The average Bonchev–Trinajstić information content (AvgIpc) is 3.07. The minimum Gasteiger partial charge on any atom is -0.481 e. The number of nitrogens with one attached hydrogen (secondary N) is 2. The zero-order valence-corrected chi connectivity index (χ0v) is 11.8. The number of aromatic amines is 1. The van der Waals surface area contributed by atoms with Crippen LogP contribution in [0.2, 0.25) is 0 Å². The summed E-state index contributed by atoms with van der Waals surface area (Å²) >= 11 is 0. The Labute approximate surface area is 118 Å². The molecule has 6 heteroatoms. The predicted molar refractivity (Wildman–Crippen MR) is 72.8 cm³/mol. The SMILES string of the molecule is CCC1C[C@H](C(=O)NC(C)c2ncc[nH]2)[C@H](C(=O)O)C1. The molecule has 2 unspecified atom stereocenters. The third kappa shape index (κ3) is 3.00. The number of carboxylic acid groups (broad SMARTS) is 1. The summed E-state index contributed by atoms with van der Waals surface area (Å²) < 4.78 is 0. The highest BCUT2D eigenvalue weighted by Gasteiger charge is 2.42. The van der Waals surface area contributed by atoms with Gasteiger partial charge in [-0.15, -0.1) is 0 Å². The molecule has 4 atom stereocenters. The van der Waals surface area contributed by atoms with Crippen LogP contribution in [0.3, 0.4) is 0 Å². The maximum absolute atomic E-state index is 12.3. The summed E-state index contributed by atoms with van der Waals surface area (Å²) in [5, 5.41) is 12.1. The van der Waals surface area contributed by atoms with Gasteiger partial charge in [0.25, 0.3) is 0 Å². The molecule has 0 aromatic carbocycles. The average molecular weight is 279 g/mol. The standard InChI is InChI=1S/C14H21N3O3/c1-3-9-6-10(11(7-9)14(19)20)13(18)17-8(2)12-15-4-5-16-12/h4-5,8-11H,3,6-7H2,1-2H3,(H,15,16)(H,17,18)(H,19,20)/t8?,9?,10-,11+/m0/s1. The van der Waals surface area contributed by atoms with Gasteiger partial charge < -0.3 is 15.4 Å². The summed E-state index contributed by atoms with van der Waals surface area (Å²) in [6, 6.07) is -0.243. The Balaban J connectivity index is 2.02. The minimum atomic E-state index is -0.869. The minimum absolute atomic E-state index is 0.183. The molecule has 3 N–H and O–H groups in total. The van der Waals surface area contributed by atoms with E-state index >= 15 is 0 Å². The van der Waals surface area contributed by atoms with Gasteiger partial charge in [-0.3, -0.25) is 9.59 Å². The highest BCUT2D eigenvalue weighted by atomic mass is 16.4. The Kier molecular flexibility index (Phi) is 4.42. The van der Waals surface area contributed by atoms with Crippen LogP contribution >= 0.6 is 0 Å². The van der Waals surface area contributed by atoms with Crippen LogP contribution in [-0.2, 0) is 9.59 Å². The number of hydrogen-bond donors (Lipinski definition) is 3. The largest absolute Gasteiger partial charge is 0.481 e. The van der Waals surface area contributed by atoms with E-state index in [2.05, 4.69) is 15.3 Å². The number of hydrogen-bond acceptors (Lipinski definition) is 3. The van der Waals surface area contributed by atoms with E-state index in [0.717, 1.165) is 6.42 Å². The monoisotopic (exact) mass is 279 g/mol. The van der Waals surface area contributed by atoms with Crippen molar-refractivity contribution in [3.63, 3.8) is 0 Å². The van der Waals surface area contributed by atoms with Crippen LogP contribution in [0.15, 0.2) is 12.4 Å². The maximum Gasteiger partial charge on any atom is 0.307 e. The number of aromatic nitrogens is 2. The Morgan fingerprint density at radius 1 is 1.50 bits per heavy atom. The number of imidazole rings is 1. The van der Waals surface area contributed by atoms with E-state index in [9.17, 15) is 14.7 Å². The van der Waals surface area contributed by atoms with Crippen molar-refractivity contribution in [2.24, 2.45) is 17.8 Å². The van der Waals surface area contributed by atoms with Gasteiger partial charge in [-0.2, -0.15) is 0 Å². The Bertz CT molecular complexity index is 472. The second-order valence-electron chi connectivity index (χ2n) is 5.50. The van der Waals surface area contributed by atoms with Gasteiger partial charge in [0.15, 0.2) is 0 Å². The lowest BCUT2D eigenvalue weighted by Gasteiger charge is -2.18. The molecule has 0 bridgehead atoms. The van der Waals surface area contributed by atoms with Crippen molar-refractivity contribution in [1.82, 2.24) is 15.3 Å². The van der Waals surface area contributed by atoms with Crippen LogP contribution < -0.4 is 5.32 Å². The number of H-pyrrole nitrogens is 1. The lowest BCUT2D eigenvalue weighted by Crippen LogP contribution is -2.37. The molecule has 6 nitrogen and oxygen atoms in total. The highest BCUT2D eigenvalue weighted by molar-refractivity contribution is 5.85. The number of aliphatic carboxylic acids is 1. The fourth-order valence-electron chi connectivity index (χ4n) is 2.94. The molecule has 1 aromatic rings. The quantitative estimate of drug-likeness (QED) is 0.764. The molecular weight excluding hydrogens is 258 g/mol. The second-order valence-corrected chi connectivity index (χ2v) is 5.50. The smallest absolute Gasteiger partial charge is 0.307 e. The van der Waals surface area contributed by atoms with Crippen molar-refractivity contribution in [3.8, 4) is 0 Å². The number of carboxylic acids is 1. The molecule has 1 fully saturated rings. The zero-order valence-electron chi connectivity index (χ0n) is 11.8. The molecule has 20 heavy (non-hydrogen) atoms. The normalized spacial score (nSPS) is 27.2. The van der Waals surface area contributed by atoms with Gasteiger partial charge in [0.05, 0.1) is 17.9 Å². The van der Waals surface area contributed by atoms with Gasteiger partial charge in [-0.1, -0.05) is 13.3 Å². The Morgan fingerprint density at radius 2 is 2.20 bits per heavy atom. The lowest BCUT2D eigenvalue weighted by atomic mass is 9.95. The van der Waals surface area contributed by atoms with Crippen LogP contribution in [0.4, 0.5) is 0 Å². The van der Waals surface area contributed by atoms with E-state index in [0.29, 0.717) is 24.6 Å². The second kappa shape index (κ2) is 6.07. The molecule has 2 rings (SSSR count). The molecule has 1 aliphatic carbocycles. The van der Waals surface area contributed by atoms with Crippen molar-refractivity contribution >= 4 is 11.9 Å². The molecular formula is C14H21N3O3. The van der Waals surface area contributed by atoms with Crippen LogP contribution in [-0.4, -0.2) is 27.0 Å². The summed E-state index contributed by atoms with van der Waals surface area (Å²) in [6.07, 6.45) is 5.49. The van der Waals surface area contributed by atoms with E-state index in [1.165, 1.54) is 0 Å². The first kappa shape index (κ1) is 14.6. The first-order valence-electron chi connectivity index (χ1n) is 7.05. The topological polar surface area (TPSA) is 95.1 Å². The first-order chi connectivity index (χ1) is 9.52. The van der Waals surface area contributed by atoms with Gasteiger partial charge in [0.1, 0.15) is 5.82 Å². The summed E-state index contributed by atoms with van der Waals surface area (Å²) in [5.74, 6) is -1.05. The molecule has 0 spiro atoms. The molecule has 0 radical (unpaired) electrons. The Morgan fingerprint density at radius 3 is 2.75 bits per heavy atom. The van der Waals surface area contributed by atoms with Crippen LogP contribution in [0.1, 0.15) is 45.0 Å². The molecule has 0 saturated heterocycles. The first-order valence-corrected chi connectivity index (χ1v) is 7.05. The summed E-state index contributed by atoms with van der Waals surface area (Å²) in [6.45, 7) is 3.87. The Hall–Kier alpha value is -1.85. The zero-order chi connectivity index (χ0) is 14.7. The van der Waals surface area contributed by atoms with Crippen LogP contribution in [0, 0.1) is 17.8 Å². The molecule has 1 aromatic heterocycles. The fourth-order valence-corrected chi connectivity index (χ4v) is 2.94. The fraction of sp³-hybridized carbons (Fsp3) is 0.643. The summed E-state index contributed by atoms with van der Waals surface area (Å²) in [4.78, 5) is 30.6. The third-order valence-electron chi connectivity index (χ3n) is 4.18. The third-order valence-corrected chi connectivity index (χ3v) is 4.18. The summed E-state index contributed by atoms with van der Waals surface area (Å²) in [5.41, 5.74) is 0. The molecule has 1 heterocycles. The lowest BCUT2D eigenvalue weighted by molar-refractivity contribution is -0.146. The number of nitrogens with zero attached hydrogens (tertiary/aromatic N) is 1. The van der Waals surface area contributed by atoms with Crippen molar-refractivity contribution in [3.05, 3.63) is 18.2 Å². The molecule has 1 saturated carbocycles. The molecule has 0 aliphatic heterocycles. The molecule has 1 aliphatic rings. The van der Waals surface area contributed by atoms with Gasteiger partial charge >= 0.3 is 5.97 Å². The van der Waals surface area contributed by atoms with Gasteiger partial charge in [-0.05, 0) is 25.7 Å². The van der Waals surface area contributed by atoms with Gasteiger partial charge in [-0.25, -0.2) is 4.98 Å². The van der Waals surface area contributed by atoms with E-state index in [1.54, 1.807) is 12.4 Å². The van der Waals surface area contributed by atoms with Crippen molar-refractivity contribution in [2.45, 2.75) is 39.2 Å². The van der Waals surface area contributed by atoms with Crippen molar-refractivity contribution in [2.75, 3.05) is 0 Å². The predicted octanol–water partition coefficient (Wildman–Crippen LogP) is 1.72. The van der Waals surface area contributed by atoms with Crippen molar-refractivity contribution in [1.29, 1.82) is 0 Å². The number of carbonyl (C=O) groups excluding carboxylic acids is 1. The van der Waals surface area contributed by atoms with Crippen LogP contribution in [0.25, 0.3) is 0 Å². The highest BCUT2D eigenvalue weighted by Crippen LogP contribution is 2.38. The number of amides is 1. The van der Waals surface area contributed by atoms with Crippen molar-refractivity contribution < 1.29 is 14.7 Å². The van der Waals surface area contributed by atoms with E-state index in [1.807, 2.05) is 13.8 Å². The maximum atomic E-state index is 12.3. The van der Waals surface area contributed by atoms with E-state index < -0.39 is 17.8 Å². The number of rotatable bonds is 5. The molecule has 1 amide bonds. The van der Waals surface area contributed by atoms with E-state index in [-0.39, 0.29) is 11.9 Å². The number of carbonyl (C=O) groups is 2. The van der Waals surface area contributed by atoms with Gasteiger partial charge in [0, 0.05) is 12.4 Å². The van der Waals surface area contributed by atoms with Gasteiger partial charge in [0.2, 0.25) is 5.91 Å².